The zero-order chi connectivity index (χ0) is 13.5. The summed E-state index contributed by atoms with van der Waals surface area (Å²) in [5.41, 5.74) is 3.21. The summed E-state index contributed by atoms with van der Waals surface area (Å²) in [6.07, 6.45) is 1.64. The SMILES string of the molecule is Cc1cnc(NN)nc1NCC(=O)NCC(C)C. The second kappa shape index (κ2) is 6.75. The van der Waals surface area contributed by atoms with Crippen LogP contribution >= 0.6 is 0 Å². The maximum atomic E-state index is 11.5. The van der Waals surface area contributed by atoms with Gasteiger partial charge < -0.3 is 10.6 Å². The van der Waals surface area contributed by atoms with E-state index in [2.05, 4.69) is 26.0 Å². The van der Waals surface area contributed by atoms with Gasteiger partial charge >= 0.3 is 0 Å². The van der Waals surface area contributed by atoms with Gasteiger partial charge in [-0.2, -0.15) is 4.98 Å². The van der Waals surface area contributed by atoms with Gasteiger partial charge in [-0.25, -0.2) is 10.8 Å². The van der Waals surface area contributed by atoms with Crippen LogP contribution in [0.2, 0.25) is 0 Å². The summed E-state index contributed by atoms with van der Waals surface area (Å²) in [6, 6.07) is 0. The van der Waals surface area contributed by atoms with E-state index in [1.54, 1.807) is 6.20 Å². The number of nitrogen functional groups attached to an aromatic ring is 1. The van der Waals surface area contributed by atoms with Crippen molar-refractivity contribution in [3.63, 3.8) is 0 Å². The van der Waals surface area contributed by atoms with Crippen LogP contribution in [0.25, 0.3) is 0 Å². The first-order valence-corrected chi connectivity index (χ1v) is 5.83. The van der Waals surface area contributed by atoms with Gasteiger partial charge in [-0.05, 0) is 12.8 Å². The molecule has 7 heteroatoms. The Morgan fingerprint density at radius 3 is 2.83 bits per heavy atom. The smallest absolute Gasteiger partial charge is 0.239 e. The Morgan fingerprint density at radius 1 is 1.50 bits per heavy atom. The number of hydrazine groups is 1. The quantitative estimate of drug-likeness (QED) is 0.427. The number of carbonyl (C=O) groups excluding carboxylic acids is 1. The van der Waals surface area contributed by atoms with Gasteiger partial charge in [0.05, 0.1) is 6.54 Å². The second-order valence-corrected chi connectivity index (χ2v) is 4.42. The molecule has 0 aliphatic rings. The summed E-state index contributed by atoms with van der Waals surface area (Å²) < 4.78 is 0. The Hall–Kier alpha value is -1.89. The summed E-state index contributed by atoms with van der Waals surface area (Å²) in [4.78, 5) is 19.6. The van der Waals surface area contributed by atoms with E-state index >= 15 is 0 Å². The van der Waals surface area contributed by atoms with E-state index in [-0.39, 0.29) is 12.5 Å². The molecule has 0 unspecified atom stereocenters. The first-order chi connectivity index (χ1) is 8.52. The fourth-order valence-corrected chi connectivity index (χ4v) is 1.24. The number of anilines is 2. The van der Waals surface area contributed by atoms with Crippen molar-refractivity contribution in [1.82, 2.24) is 15.3 Å². The lowest BCUT2D eigenvalue weighted by atomic mass is 10.2. The minimum atomic E-state index is -0.0658. The van der Waals surface area contributed by atoms with Crippen LogP contribution in [0.1, 0.15) is 19.4 Å². The molecule has 0 aliphatic heterocycles. The maximum Gasteiger partial charge on any atom is 0.239 e. The third-order valence-electron chi connectivity index (χ3n) is 2.22. The van der Waals surface area contributed by atoms with Crippen LogP contribution in [0.5, 0.6) is 0 Å². The second-order valence-electron chi connectivity index (χ2n) is 4.42. The predicted octanol–water partition coefficient (Wildman–Crippen LogP) is 0.255. The normalized spacial score (nSPS) is 10.3. The molecule has 0 aromatic carbocycles. The van der Waals surface area contributed by atoms with Gasteiger partial charge in [0.25, 0.3) is 0 Å². The van der Waals surface area contributed by atoms with E-state index in [0.717, 1.165) is 5.56 Å². The van der Waals surface area contributed by atoms with Gasteiger partial charge in [0.2, 0.25) is 11.9 Å². The Balaban J connectivity index is 2.50. The number of hydrogen-bond acceptors (Lipinski definition) is 6. The Kier molecular flexibility index (Phi) is 5.31. The number of aromatic nitrogens is 2. The monoisotopic (exact) mass is 252 g/mol. The molecular formula is C11H20N6O. The predicted molar refractivity (Wildman–Crippen MR) is 70.9 cm³/mol. The molecule has 0 fully saturated rings. The van der Waals surface area contributed by atoms with Gasteiger partial charge in [-0.15, -0.1) is 0 Å². The van der Waals surface area contributed by atoms with Gasteiger partial charge in [0.15, 0.2) is 0 Å². The van der Waals surface area contributed by atoms with E-state index in [1.807, 2.05) is 20.8 Å². The molecule has 5 N–H and O–H groups in total. The van der Waals surface area contributed by atoms with Crippen LogP contribution in [0.3, 0.4) is 0 Å². The number of nitrogens with zero attached hydrogens (tertiary/aromatic N) is 2. The lowest BCUT2D eigenvalue weighted by molar-refractivity contribution is -0.119. The van der Waals surface area contributed by atoms with Crippen molar-refractivity contribution in [1.29, 1.82) is 0 Å². The number of amides is 1. The van der Waals surface area contributed by atoms with Crippen molar-refractivity contribution in [3.8, 4) is 0 Å². The van der Waals surface area contributed by atoms with Crippen LogP contribution in [0, 0.1) is 12.8 Å². The van der Waals surface area contributed by atoms with Crippen LogP contribution in [-0.2, 0) is 4.79 Å². The van der Waals surface area contributed by atoms with E-state index < -0.39 is 0 Å². The van der Waals surface area contributed by atoms with Crippen LogP contribution in [-0.4, -0.2) is 29.0 Å². The Bertz CT molecular complexity index is 407. The van der Waals surface area contributed by atoms with Crippen molar-refractivity contribution in [2.24, 2.45) is 11.8 Å². The number of carbonyl (C=O) groups is 1. The lowest BCUT2D eigenvalue weighted by Crippen LogP contribution is -2.32. The van der Waals surface area contributed by atoms with Gasteiger partial charge in [-0.3, -0.25) is 10.2 Å². The summed E-state index contributed by atoms with van der Waals surface area (Å²) in [5, 5.41) is 5.77. The molecule has 18 heavy (non-hydrogen) atoms. The fraction of sp³-hybridized carbons (Fsp3) is 0.545. The number of hydrogen-bond donors (Lipinski definition) is 4. The van der Waals surface area contributed by atoms with Crippen molar-refractivity contribution < 1.29 is 4.79 Å². The van der Waals surface area contributed by atoms with E-state index in [4.69, 9.17) is 5.84 Å². The van der Waals surface area contributed by atoms with Gasteiger partial charge in [-0.1, -0.05) is 13.8 Å². The molecule has 1 rings (SSSR count). The van der Waals surface area contributed by atoms with E-state index in [0.29, 0.717) is 24.2 Å². The Labute approximate surface area is 107 Å². The molecule has 0 atom stereocenters. The number of nitrogens with two attached hydrogens (primary N) is 1. The molecule has 1 aromatic rings. The third-order valence-corrected chi connectivity index (χ3v) is 2.22. The molecule has 1 heterocycles. The minimum absolute atomic E-state index is 0.0658. The third kappa shape index (κ3) is 4.54. The molecule has 0 spiro atoms. The van der Waals surface area contributed by atoms with Crippen LogP contribution in [0.4, 0.5) is 11.8 Å². The summed E-state index contributed by atoms with van der Waals surface area (Å²) >= 11 is 0. The molecular weight excluding hydrogens is 232 g/mol. The topological polar surface area (TPSA) is 105 Å². The van der Waals surface area contributed by atoms with Crippen molar-refractivity contribution in [2.45, 2.75) is 20.8 Å². The number of aryl methyl sites for hydroxylation is 1. The molecule has 0 aliphatic carbocycles. The first kappa shape index (κ1) is 14.2. The van der Waals surface area contributed by atoms with Crippen molar-refractivity contribution in [2.75, 3.05) is 23.8 Å². The van der Waals surface area contributed by atoms with E-state index in [9.17, 15) is 4.79 Å². The van der Waals surface area contributed by atoms with Gasteiger partial charge in [0, 0.05) is 18.3 Å². The molecule has 100 valence electrons. The number of rotatable bonds is 6. The summed E-state index contributed by atoms with van der Waals surface area (Å²) in [7, 11) is 0. The highest BCUT2D eigenvalue weighted by Crippen LogP contribution is 2.11. The molecule has 0 saturated heterocycles. The summed E-state index contributed by atoms with van der Waals surface area (Å²) in [5.74, 6) is 6.50. The highest BCUT2D eigenvalue weighted by Gasteiger charge is 2.06. The molecule has 1 amide bonds. The minimum Gasteiger partial charge on any atom is -0.361 e. The zero-order valence-electron chi connectivity index (χ0n) is 10.9. The van der Waals surface area contributed by atoms with Crippen molar-refractivity contribution in [3.05, 3.63) is 11.8 Å². The average Bonchev–Trinajstić information content (AvgIpc) is 2.35. The zero-order valence-corrected chi connectivity index (χ0v) is 10.9. The summed E-state index contributed by atoms with van der Waals surface area (Å²) in [6.45, 7) is 6.78. The molecule has 1 aromatic heterocycles. The Morgan fingerprint density at radius 2 is 2.22 bits per heavy atom. The first-order valence-electron chi connectivity index (χ1n) is 5.83. The number of nitrogens with one attached hydrogen (secondary N) is 3. The van der Waals surface area contributed by atoms with Crippen LogP contribution in [0.15, 0.2) is 6.20 Å². The molecule has 0 bridgehead atoms. The van der Waals surface area contributed by atoms with Crippen LogP contribution < -0.4 is 21.9 Å². The van der Waals surface area contributed by atoms with E-state index in [1.165, 1.54) is 0 Å². The molecule has 0 radical (unpaired) electrons. The standard InChI is InChI=1S/C11H20N6O/c1-7(2)4-13-9(18)6-14-10-8(3)5-15-11(16-10)17-12/h5,7H,4,6,12H2,1-3H3,(H,13,18)(H2,14,15,16,17). The average molecular weight is 252 g/mol. The molecule has 7 nitrogen and oxygen atoms in total. The highest BCUT2D eigenvalue weighted by atomic mass is 16.1. The molecule has 0 saturated carbocycles. The maximum absolute atomic E-state index is 11.5. The highest BCUT2D eigenvalue weighted by molar-refractivity contribution is 5.80. The van der Waals surface area contributed by atoms with Crippen molar-refractivity contribution >= 4 is 17.7 Å². The van der Waals surface area contributed by atoms with Gasteiger partial charge in [0.1, 0.15) is 5.82 Å². The fourth-order valence-electron chi connectivity index (χ4n) is 1.24. The lowest BCUT2D eigenvalue weighted by Gasteiger charge is -2.11. The largest absolute Gasteiger partial charge is 0.361 e.